The molecule has 1 fully saturated rings. The topological polar surface area (TPSA) is 39.2 Å². The number of carbonyl (C=O) groups excluding carboxylic acids is 1. The van der Waals surface area contributed by atoms with Crippen molar-refractivity contribution in [1.29, 1.82) is 0 Å². The van der Waals surface area contributed by atoms with Crippen LogP contribution in [0.2, 0.25) is 0 Å². The minimum absolute atomic E-state index is 0.0916. The van der Waals surface area contributed by atoms with Crippen LogP contribution in [-0.4, -0.2) is 23.5 Å². The first kappa shape index (κ1) is 11.3. The van der Waals surface area contributed by atoms with E-state index >= 15 is 0 Å². The largest absolute Gasteiger partial charge is 0.370 e. The molecule has 0 aliphatic carbocycles. The highest BCUT2D eigenvalue weighted by Gasteiger charge is 2.27. The van der Waals surface area contributed by atoms with E-state index in [-0.39, 0.29) is 17.8 Å². The Hall–Kier alpha value is -1.22. The van der Waals surface area contributed by atoms with Crippen LogP contribution in [0.25, 0.3) is 0 Å². The number of hydrogen-bond donors (Lipinski definition) is 0. The molecule has 0 amide bonds. The van der Waals surface area contributed by atoms with E-state index in [9.17, 15) is 4.79 Å². The maximum Gasteiger partial charge on any atom is 0.168 e. The normalized spacial score (nSPS) is 22.7. The van der Waals surface area contributed by atoms with Gasteiger partial charge in [0.25, 0.3) is 0 Å². The van der Waals surface area contributed by atoms with Gasteiger partial charge in [0.2, 0.25) is 0 Å². The first-order valence-electron chi connectivity index (χ1n) is 5.84. The monoisotopic (exact) mass is 219 g/mol. The van der Waals surface area contributed by atoms with E-state index in [1.165, 1.54) is 0 Å². The fourth-order valence-corrected chi connectivity index (χ4v) is 2.06. The van der Waals surface area contributed by atoms with Crippen LogP contribution in [0.3, 0.4) is 0 Å². The van der Waals surface area contributed by atoms with Crippen molar-refractivity contribution < 1.29 is 9.53 Å². The number of rotatable bonds is 3. The summed E-state index contributed by atoms with van der Waals surface area (Å²) in [7, 11) is 0. The molecule has 3 nitrogen and oxygen atoms in total. The molecule has 0 bridgehead atoms. The summed E-state index contributed by atoms with van der Waals surface area (Å²) in [6.45, 7) is 2.66. The summed E-state index contributed by atoms with van der Waals surface area (Å²) in [4.78, 5) is 16.1. The molecule has 2 rings (SSSR count). The molecule has 0 aromatic carbocycles. The van der Waals surface area contributed by atoms with Crippen LogP contribution in [0, 0.1) is 0 Å². The van der Waals surface area contributed by atoms with Gasteiger partial charge in [0.05, 0.1) is 0 Å². The third-order valence-electron chi connectivity index (χ3n) is 3.13. The van der Waals surface area contributed by atoms with Crippen molar-refractivity contribution in [1.82, 2.24) is 4.98 Å². The Bertz CT molecular complexity index is 344. The number of ether oxygens (including phenoxy) is 1. The van der Waals surface area contributed by atoms with Crippen molar-refractivity contribution >= 4 is 5.78 Å². The minimum Gasteiger partial charge on any atom is -0.370 e. The van der Waals surface area contributed by atoms with Crippen LogP contribution in [-0.2, 0) is 9.53 Å². The molecule has 0 saturated carbocycles. The second-order valence-corrected chi connectivity index (χ2v) is 4.26. The van der Waals surface area contributed by atoms with Gasteiger partial charge in [0, 0.05) is 24.9 Å². The van der Waals surface area contributed by atoms with Crippen LogP contribution >= 0.6 is 0 Å². The zero-order valence-electron chi connectivity index (χ0n) is 9.56. The lowest BCUT2D eigenvalue weighted by molar-refractivity contribution is -0.134. The number of carbonyl (C=O) groups is 1. The van der Waals surface area contributed by atoms with E-state index < -0.39 is 0 Å². The molecule has 0 radical (unpaired) electrons. The summed E-state index contributed by atoms with van der Waals surface area (Å²) in [5.41, 5.74) is 1.02. The van der Waals surface area contributed by atoms with E-state index in [2.05, 4.69) is 4.98 Å². The van der Waals surface area contributed by atoms with Gasteiger partial charge in [-0.15, -0.1) is 0 Å². The third kappa shape index (κ3) is 2.47. The van der Waals surface area contributed by atoms with Gasteiger partial charge in [-0.25, -0.2) is 0 Å². The standard InChI is InChI=1S/C13H17NO2/c1-10(11-5-7-14-8-6-11)13(15)12-4-2-3-9-16-12/h5-8,10,12H,2-4,9H2,1H3. The SMILES string of the molecule is CC(C(=O)C1CCCCO1)c1ccncc1. The van der Waals surface area contributed by atoms with Crippen LogP contribution in [0.5, 0.6) is 0 Å². The van der Waals surface area contributed by atoms with E-state index in [0.29, 0.717) is 0 Å². The molecule has 1 saturated heterocycles. The highest BCUT2D eigenvalue weighted by Crippen LogP contribution is 2.22. The predicted octanol–water partition coefficient (Wildman–Crippen LogP) is 2.32. The van der Waals surface area contributed by atoms with Crippen molar-refractivity contribution in [2.45, 2.75) is 38.2 Å². The summed E-state index contributed by atoms with van der Waals surface area (Å²) < 4.78 is 5.52. The molecular formula is C13H17NO2. The molecule has 3 heteroatoms. The lowest BCUT2D eigenvalue weighted by Crippen LogP contribution is -2.31. The average molecular weight is 219 g/mol. The summed E-state index contributed by atoms with van der Waals surface area (Å²) in [5, 5.41) is 0. The molecule has 86 valence electrons. The van der Waals surface area contributed by atoms with E-state index in [0.717, 1.165) is 31.4 Å². The second-order valence-electron chi connectivity index (χ2n) is 4.26. The van der Waals surface area contributed by atoms with E-state index in [1.54, 1.807) is 12.4 Å². The molecule has 0 spiro atoms. The molecule has 0 N–H and O–H groups in total. The van der Waals surface area contributed by atoms with Gasteiger partial charge in [-0.2, -0.15) is 0 Å². The number of pyridine rings is 1. The molecule has 1 aromatic rings. The van der Waals surface area contributed by atoms with Crippen molar-refractivity contribution in [3.8, 4) is 0 Å². The number of hydrogen-bond acceptors (Lipinski definition) is 3. The molecule has 2 heterocycles. The molecular weight excluding hydrogens is 202 g/mol. The number of nitrogens with zero attached hydrogens (tertiary/aromatic N) is 1. The van der Waals surface area contributed by atoms with Crippen LogP contribution < -0.4 is 0 Å². The number of ketones is 1. The first-order valence-corrected chi connectivity index (χ1v) is 5.84. The van der Waals surface area contributed by atoms with Gasteiger partial charge < -0.3 is 4.74 Å². The van der Waals surface area contributed by atoms with Crippen LogP contribution in [0.4, 0.5) is 0 Å². The molecule has 2 atom stereocenters. The van der Waals surface area contributed by atoms with Gasteiger partial charge in [0.1, 0.15) is 6.10 Å². The Morgan fingerprint density at radius 2 is 2.19 bits per heavy atom. The van der Waals surface area contributed by atoms with E-state index in [4.69, 9.17) is 4.74 Å². The highest BCUT2D eigenvalue weighted by atomic mass is 16.5. The average Bonchev–Trinajstić information content (AvgIpc) is 2.39. The summed E-state index contributed by atoms with van der Waals surface area (Å²) in [6.07, 6.45) is 6.29. The molecule has 16 heavy (non-hydrogen) atoms. The number of Topliss-reactive ketones (excluding diaryl/α,β-unsaturated/α-hetero) is 1. The zero-order chi connectivity index (χ0) is 11.4. The highest BCUT2D eigenvalue weighted by molar-refractivity contribution is 5.89. The van der Waals surface area contributed by atoms with Crippen LogP contribution in [0.1, 0.15) is 37.7 Å². The third-order valence-corrected chi connectivity index (χ3v) is 3.13. The Balaban J connectivity index is 2.04. The zero-order valence-corrected chi connectivity index (χ0v) is 9.56. The Labute approximate surface area is 95.8 Å². The van der Waals surface area contributed by atoms with Crippen molar-refractivity contribution in [2.24, 2.45) is 0 Å². The molecule has 1 aliphatic rings. The summed E-state index contributed by atoms with van der Waals surface area (Å²) in [6, 6.07) is 3.79. The second kappa shape index (κ2) is 5.21. The maximum atomic E-state index is 12.2. The Morgan fingerprint density at radius 1 is 1.44 bits per heavy atom. The van der Waals surface area contributed by atoms with Crippen molar-refractivity contribution in [2.75, 3.05) is 6.61 Å². The van der Waals surface area contributed by atoms with Gasteiger partial charge in [-0.3, -0.25) is 9.78 Å². The van der Waals surface area contributed by atoms with Crippen molar-refractivity contribution in [3.63, 3.8) is 0 Å². The maximum absolute atomic E-state index is 12.2. The van der Waals surface area contributed by atoms with E-state index in [1.807, 2.05) is 19.1 Å². The number of aromatic nitrogens is 1. The Morgan fingerprint density at radius 3 is 2.81 bits per heavy atom. The van der Waals surface area contributed by atoms with Gasteiger partial charge in [0.15, 0.2) is 5.78 Å². The minimum atomic E-state index is -0.197. The van der Waals surface area contributed by atoms with Crippen molar-refractivity contribution in [3.05, 3.63) is 30.1 Å². The lowest BCUT2D eigenvalue weighted by atomic mass is 9.91. The first-order chi connectivity index (χ1) is 7.79. The summed E-state index contributed by atoms with van der Waals surface area (Å²) >= 11 is 0. The quantitative estimate of drug-likeness (QED) is 0.783. The van der Waals surface area contributed by atoms with Crippen LogP contribution in [0.15, 0.2) is 24.5 Å². The fourth-order valence-electron chi connectivity index (χ4n) is 2.06. The molecule has 2 unspecified atom stereocenters. The summed E-state index contributed by atoms with van der Waals surface area (Å²) in [5.74, 6) is 0.108. The molecule has 1 aliphatic heterocycles. The lowest BCUT2D eigenvalue weighted by Gasteiger charge is -2.24. The van der Waals surface area contributed by atoms with Gasteiger partial charge >= 0.3 is 0 Å². The fraction of sp³-hybridized carbons (Fsp3) is 0.538. The Kier molecular flexibility index (Phi) is 3.67. The smallest absolute Gasteiger partial charge is 0.168 e. The molecule has 1 aromatic heterocycles. The predicted molar refractivity (Wildman–Crippen MR) is 61.3 cm³/mol. The van der Waals surface area contributed by atoms with Gasteiger partial charge in [-0.1, -0.05) is 6.92 Å². The van der Waals surface area contributed by atoms with Gasteiger partial charge in [-0.05, 0) is 37.0 Å².